The maximum absolute atomic E-state index is 14.0. The summed E-state index contributed by atoms with van der Waals surface area (Å²) in [6.45, 7) is 3.00. The van der Waals surface area contributed by atoms with Gasteiger partial charge in [-0.15, -0.1) is 0 Å². The Balaban J connectivity index is 2.00. The molecule has 1 aromatic heterocycles. The lowest BCUT2D eigenvalue weighted by Crippen LogP contribution is -2.17. The topological polar surface area (TPSA) is 98.2 Å². The predicted molar refractivity (Wildman–Crippen MR) is 94.2 cm³/mol. The van der Waals surface area contributed by atoms with Gasteiger partial charge in [0.25, 0.3) is 5.91 Å². The summed E-state index contributed by atoms with van der Waals surface area (Å²) in [6, 6.07) is 7.68. The number of nitrogens with one attached hydrogen (secondary N) is 1. The number of primary amides is 1. The van der Waals surface area contributed by atoms with Crippen LogP contribution in [0, 0.1) is 25.5 Å². The zero-order valence-corrected chi connectivity index (χ0v) is 14.5. The van der Waals surface area contributed by atoms with Crippen LogP contribution in [0.2, 0.25) is 0 Å². The maximum atomic E-state index is 14.0. The van der Waals surface area contributed by atoms with E-state index in [0.717, 1.165) is 6.07 Å². The number of halogens is 2. The van der Waals surface area contributed by atoms with E-state index in [1.54, 1.807) is 6.92 Å². The van der Waals surface area contributed by atoms with Crippen molar-refractivity contribution in [3.63, 3.8) is 0 Å². The monoisotopic (exact) mass is 371 g/mol. The molecule has 2 amide bonds. The minimum atomic E-state index is -0.822. The molecule has 2 aromatic carbocycles. The summed E-state index contributed by atoms with van der Waals surface area (Å²) >= 11 is 0. The zero-order valence-electron chi connectivity index (χ0n) is 14.5. The Hall–Kier alpha value is -3.55. The van der Waals surface area contributed by atoms with Gasteiger partial charge in [-0.05, 0) is 50.2 Å². The number of amides is 2. The van der Waals surface area contributed by atoms with E-state index in [0.29, 0.717) is 5.56 Å². The number of carbonyl (C=O) groups is 2. The van der Waals surface area contributed by atoms with E-state index in [1.807, 2.05) is 0 Å². The molecule has 138 valence electrons. The van der Waals surface area contributed by atoms with Crippen molar-refractivity contribution in [1.82, 2.24) is 5.16 Å². The number of hydrogen-bond acceptors (Lipinski definition) is 4. The molecule has 0 saturated carbocycles. The van der Waals surface area contributed by atoms with E-state index in [-0.39, 0.29) is 33.8 Å². The van der Waals surface area contributed by atoms with Crippen molar-refractivity contribution in [3.05, 3.63) is 70.5 Å². The van der Waals surface area contributed by atoms with Gasteiger partial charge in [0.05, 0.1) is 0 Å². The highest BCUT2D eigenvalue weighted by Gasteiger charge is 2.23. The summed E-state index contributed by atoms with van der Waals surface area (Å²) in [5.74, 6) is -2.31. The average molecular weight is 371 g/mol. The van der Waals surface area contributed by atoms with Gasteiger partial charge in [-0.2, -0.15) is 0 Å². The summed E-state index contributed by atoms with van der Waals surface area (Å²) in [5.41, 5.74) is 6.17. The molecule has 0 saturated heterocycles. The van der Waals surface area contributed by atoms with E-state index < -0.39 is 23.4 Å². The first-order valence-electron chi connectivity index (χ1n) is 7.91. The van der Waals surface area contributed by atoms with Crippen LogP contribution in [0.25, 0.3) is 11.3 Å². The van der Waals surface area contributed by atoms with Crippen LogP contribution < -0.4 is 11.1 Å². The highest BCUT2D eigenvalue weighted by atomic mass is 19.1. The van der Waals surface area contributed by atoms with Gasteiger partial charge in [-0.3, -0.25) is 9.59 Å². The van der Waals surface area contributed by atoms with Crippen LogP contribution in [0.15, 0.2) is 40.9 Å². The normalized spacial score (nSPS) is 10.7. The molecule has 6 nitrogen and oxygen atoms in total. The van der Waals surface area contributed by atoms with Crippen molar-refractivity contribution in [2.75, 3.05) is 5.32 Å². The molecule has 0 aliphatic rings. The van der Waals surface area contributed by atoms with E-state index >= 15 is 0 Å². The first-order chi connectivity index (χ1) is 12.8. The summed E-state index contributed by atoms with van der Waals surface area (Å²) in [6.07, 6.45) is 0. The fraction of sp³-hybridized carbons (Fsp3) is 0.105. The second-order valence-corrected chi connectivity index (χ2v) is 5.92. The average Bonchev–Trinajstić information content (AvgIpc) is 3.00. The van der Waals surface area contributed by atoms with Crippen LogP contribution in [0.5, 0.6) is 0 Å². The number of rotatable bonds is 4. The van der Waals surface area contributed by atoms with Gasteiger partial charge < -0.3 is 15.6 Å². The zero-order chi connectivity index (χ0) is 19.7. The van der Waals surface area contributed by atoms with Crippen molar-refractivity contribution < 1.29 is 22.9 Å². The molecule has 0 bridgehead atoms. The molecule has 0 fully saturated rings. The van der Waals surface area contributed by atoms with Crippen LogP contribution in [0.3, 0.4) is 0 Å². The lowest BCUT2D eigenvalue weighted by molar-refractivity contribution is 0.0995. The molecule has 0 radical (unpaired) electrons. The van der Waals surface area contributed by atoms with Gasteiger partial charge in [-0.1, -0.05) is 5.16 Å². The molecule has 0 spiro atoms. The van der Waals surface area contributed by atoms with E-state index in [1.165, 1.54) is 37.3 Å². The molecule has 0 unspecified atom stereocenters. The Labute approximate surface area is 153 Å². The van der Waals surface area contributed by atoms with Crippen LogP contribution >= 0.6 is 0 Å². The molecule has 8 heteroatoms. The van der Waals surface area contributed by atoms with Gasteiger partial charge in [0, 0.05) is 22.4 Å². The fourth-order valence-corrected chi connectivity index (χ4v) is 2.58. The second kappa shape index (κ2) is 6.99. The molecule has 0 aliphatic carbocycles. The lowest BCUT2D eigenvalue weighted by atomic mass is 10.0. The van der Waals surface area contributed by atoms with Gasteiger partial charge in [0.15, 0.2) is 0 Å². The van der Waals surface area contributed by atoms with Crippen molar-refractivity contribution in [3.8, 4) is 11.3 Å². The summed E-state index contributed by atoms with van der Waals surface area (Å²) < 4.78 is 32.3. The quantitative estimate of drug-likeness (QED) is 0.732. The maximum Gasteiger partial charge on any atom is 0.261 e. The van der Waals surface area contributed by atoms with Crippen molar-refractivity contribution in [1.29, 1.82) is 0 Å². The van der Waals surface area contributed by atoms with Crippen LogP contribution in [-0.4, -0.2) is 17.0 Å². The Morgan fingerprint density at radius 2 is 1.78 bits per heavy atom. The summed E-state index contributed by atoms with van der Waals surface area (Å²) in [5, 5.41) is 6.41. The molecule has 3 rings (SSSR count). The van der Waals surface area contributed by atoms with Gasteiger partial charge in [0.2, 0.25) is 5.91 Å². The van der Waals surface area contributed by atoms with Crippen LogP contribution in [0.1, 0.15) is 32.0 Å². The minimum Gasteiger partial charge on any atom is -0.366 e. The van der Waals surface area contributed by atoms with E-state index in [9.17, 15) is 18.4 Å². The highest BCUT2D eigenvalue weighted by molar-refractivity contribution is 6.09. The molecule has 0 aliphatic heterocycles. The molecule has 3 N–H and O–H groups in total. The number of anilines is 1. The standard InChI is InChI=1S/C19H15F2N3O3/c1-9-14(21)7-12(18(22)25)8-15(9)23-19(26)16-10(2)27-24-17(16)11-3-5-13(20)6-4-11/h3-8H,1-2H3,(H2,22,25)(H,23,26). The highest BCUT2D eigenvalue weighted by Crippen LogP contribution is 2.28. The smallest absolute Gasteiger partial charge is 0.261 e. The number of nitrogens with zero attached hydrogens (tertiary/aromatic N) is 1. The van der Waals surface area contributed by atoms with E-state index in [2.05, 4.69) is 10.5 Å². The van der Waals surface area contributed by atoms with Crippen molar-refractivity contribution >= 4 is 17.5 Å². The molecular formula is C19H15F2N3O3. The van der Waals surface area contributed by atoms with Crippen molar-refractivity contribution in [2.45, 2.75) is 13.8 Å². The number of nitrogens with two attached hydrogens (primary N) is 1. The first-order valence-corrected chi connectivity index (χ1v) is 7.91. The number of carbonyl (C=O) groups excluding carboxylic acids is 2. The second-order valence-electron chi connectivity index (χ2n) is 5.92. The number of aromatic nitrogens is 1. The molecular weight excluding hydrogens is 356 g/mol. The fourth-order valence-electron chi connectivity index (χ4n) is 2.58. The Kier molecular flexibility index (Phi) is 4.72. The molecule has 3 aromatic rings. The summed E-state index contributed by atoms with van der Waals surface area (Å²) in [7, 11) is 0. The molecule has 0 atom stereocenters. The van der Waals surface area contributed by atoms with E-state index in [4.69, 9.17) is 10.3 Å². The minimum absolute atomic E-state index is 0.0748. The largest absolute Gasteiger partial charge is 0.366 e. The number of hydrogen-bond donors (Lipinski definition) is 2. The lowest BCUT2D eigenvalue weighted by Gasteiger charge is -2.11. The number of benzene rings is 2. The predicted octanol–water partition coefficient (Wildman–Crippen LogP) is 3.59. The van der Waals surface area contributed by atoms with Crippen LogP contribution in [-0.2, 0) is 0 Å². The Bertz CT molecular complexity index is 1040. The summed E-state index contributed by atoms with van der Waals surface area (Å²) in [4.78, 5) is 24.1. The number of aryl methyl sites for hydroxylation is 1. The molecule has 1 heterocycles. The Morgan fingerprint density at radius 3 is 2.41 bits per heavy atom. The Morgan fingerprint density at radius 1 is 1.11 bits per heavy atom. The third kappa shape index (κ3) is 3.55. The third-order valence-corrected chi connectivity index (χ3v) is 4.08. The van der Waals surface area contributed by atoms with Gasteiger partial charge in [0.1, 0.15) is 28.7 Å². The molecule has 27 heavy (non-hydrogen) atoms. The van der Waals surface area contributed by atoms with Crippen molar-refractivity contribution in [2.24, 2.45) is 5.73 Å². The van der Waals surface area contributed by atoms with Gasteiger partial charge in [-0.25, -0.2) is 8.78 Å². The van der Waals surface area contributed by atoms with Crippen LogP contribution in [0.4, 0.5) is 14.5 Å². The third-order valence-electron chi connectivity index (χ3n) is 4.08. The first kappa shape index (κ1) is 18.2. The van der Waals surface area contributed by atoms with Gasteiger partial charge >= 0.3 is 0 Å². The SMILES string of the molecule is Cc1onc(-c2ccc(F)cc2)c1C(=O)Nc1cc(C(N)=O)cc(F)c1C.